The van der Waals surface area contributed by atoms with Gasteiger partial charge in [-0.2, -0.15) is 5.10 Å². The van der Waals surface area contributed by atoms with Gasteiger partial charge in [0.15, 0.2) is 5.16 Å². The minimum Gasteiger partial charge on any atom is -0.387 e. The number of halogens is 2. The molecule has 138 valence electrons. The summed E-state index contributed by atoms with van der Waals surface area (Å²) in [5, 5.41) is 15.8. The maximum atomic E-state index is 13.9. The highest BCUT2D eigenvalue weighted by Crippen LogP contribution is 2.38. The van der Waals surface area contributed by atoms with Gasteiger partial charge in [0, 0.05) is 5.56 Å². The first-order valence-corrected chi connectivity index (χ1v) is 8.70. The highest BCUT2D eigenvalue weighted by molar-refractivity contribution is 7.80. The van der Waals surface area contributed by atoms with Gasteiger partial charge in [0.2, 0.25) is 0 Å². The number of nitrogens with zero attached hydrogens (tertiary/aromatic N) is 3. The quantitative estimate of drug-likeness (QED) is 0.760. The molecule has 0 saturated carbocycles. The van der Waals surface area contributed by atoms with E-state index in [0.29, 0.717) is 11.6 Å². The molecule has 1 heterocycles. The van der Waals surface area contributed by atoms with Gasteiger partial charge in [0.25, 0.3) is 0 Å². The summed E-state index contributed by atoms with van der Waals surface area (Å²) in [6, 6.07) is 3.86. The lowest BCUT2D eigenvalue weighted by Crippen LogP contribution is -2.48. The van der Waals surface area contributed by atoms with Crippen LogP contribution >= 0.6 is 12.6 Å². The smallest absolute Gasteiger partial charge is 0.183 e. The third-order valence-corrected chi connectivity index (χ3v) is 5.05. The summed E-state index contributed by atoms with van der Waals surface area (Å²) in [6.45, 7) is 7.88. The Hall–Kier alpha value is -1.47. The number of hydrogen-bond donors (Lipinski definition) is 2. The Labute approximate surface area is 152 Å². The standard InChI is InChI=1S/C18H25F2N3OS/c1-12(8-13-14(19)6-5-7-15(13)20)9-18(24,17(2,3)4)10-23-16(25)21-11-22-23/h5-7,11-12,24H,8-10H2,1-4H3,(H,21,22,25). The zero-order valence-electron chi connectivity index (χ0n) is 15.0. The van der Waals surface area contributed by atoms with E-state index >= 15 is 0 Å². The van der Waals surface area contributed by atoms with Gasteiger partial charge in [-0.1, -0.05) is 33.8 Å². The maximum Gasteiger partial charge on any atom is 0.183 e. The lowest BCUT2D eigenvalue weighted by Gasteiger charge is -2.42. The minimum atomic E-state index is -1.14. The molecule has 0 bridgehead atoms. The van der Waals surface area contributed by atoms with Crippen molar-refractivity contribution < 1.29 is 13.9 Å². The Kier molecular flexibility index (Phi) is 5.89. The first kappa shape index (κ1) is 19.8. The molecule has 0 aliphatic heterocycles. The molecule has 0 fully saturated rings. The summed E-state index contributed by atoms with van der Waals surface area (Å²) in [7, 11) is 0. The normalized spacial score (nSPS) is 15.8. The molecule has 0 saturated heterocycles. The van der Waals surface area contributed by atoms with Crippen LogP contribution in [0.15, 0.2) is 29.7 Å². The second-order valence-corrected chi connectivity index (χ2v) is 8.11. The van der Waals surface area contributed by atoms with Crippen molar-refractivity contribution in [2.75, 3.05) is 0 Å². The third kappa shape index (κ3) is 4.58. The number of benzene rings is 1. The van der Waals surface area contributed by atoms with E-state index in [9.17, 15) is 13.9 Å². The molecule has 0 amide bonds. The predicted molar refractivity (Wildman–Crippen MR) is 95.5 cm³/mol. The largest absolute Gasteiger partial charge is 0.387 e. The molecule has 2 atom stereocenters. The van der Waals surface area contributed by atoms with E-state index in [4.69, 9.17) is 0 Å². The molecular weight excluding hydrogens is 344 g/mol. The van der Waals surface area contributed by atoms with E-state index in [2.05, 4.69) is 22.7 Å². The molecule has 0 radical (unpaired) electrons. The van der Waals surface area contributed by atoms with Crippen LogP contribution in [0.3, 0.4) is 0 Å². The molecule has 2 rings (SSSR count). The van der Waals surface area contributed by atoms with E-state index in [1.54, 1.807) is 0 Å². The van der Waals surface area contributed by atoms with E-state index in [1.807, 2.05) is 27.7 Å². The molecule has 1 N–H and O–H groups in total. The highest BCUT2D eigenvalue weighted by Gasteiger charge is 2.42. The average molecular weight is 369 g/mol. The average Bonchev–Trinajstić information content (AvgIpc) is 2.87. The van der Waals surface area contributed by atoms with E-state index in [1.165, 1.54) is 29.2 Å². The second kappa shape index (κ2) is 7.41. The summed E-state index contributed by atoms with van der Waals surface area (Å²) < 4.78 is 29.3. The third-order valence-electron chi connectivity index (χ3n) is 4.70. The Morgan fingerprint density at radius 1 is 1.24 bits per heavy atom. The van der Waals surface area contributed by atoms with Crippen molar-refractivity contribution in [3.05, 3.63) is 41.7 Å². The van der Waals surface area contributed by atoms with Crippen LogP contribution in [0.2, 0.25) is 0 Å². The van der Waals surface area contributed by atoms with Gasteiger partial charge in [-0.25, -0.2) is 18.4 Å². The first-order chi connectivity index (χ1) is 11.5. The summed E-state index contributed by atoms with van der Waals surface area (Å²) in [5.41, 5.74) is -1.55. The number of aliphatic hydroxyl groups is 1. The molecular formula is C18H25F2N3OS. The van der Waals surface area contributed by atoms with Crippen LogP contribution in [0.1, 0.15) is 39.7 Å². The topological polar surface area (TPSA) is 50.9 Å². The SMILES string of the molecule is CC(Cc1c(F)cccc1F)CC(O)(Cn1ncnc1S)C(C)(C)C. The summed E-state index contributed by atoms with van der Waals surface area (Å²) in [6.07, 6.45) is 1.95. The molecule has 2 aromatic rings. The molecule has 0 aliphatic rings. The van der Waals surface area contributed by atoms with Crippen LogP contribution in [0, 0.1) is 23.0 Å². The van der Waals surface area contributed by atoms with Crippen molar-refractivity contribution in [3.8, 4) is 0 Å². The van der Waals surface area contributed by atoms with Gasteiger partial charge in [0.1, 0.15) is 18.0 Å². The zero-order chi connectivity index (χ0) is 18.8. The van der Waals surface area contributed by atoms with E-state index in [0.717, 1.165) is 0 Å². The van der Waals surface area contributed by atoms with Crippen LogP contribution in [0.25, 0.3) is 0 Å². The van der Waals surface area contributed by atoms with Gasteiger partial charge in [-0.3, -0.25) is 0 Å². The fraction of sp³-hybridized carbons (Fsp3) is 0.556. The van der Waals surface area contributed by atoms with Gasteiger partial charge >= 0.3 is 0 Å². The van der Waals surface area contributed by atoms with Gasteiger partial charge in [0.05, 0.1) is 12.1 Å². The Bertz CT molecular complexity index is 709. The minimum absolute atomic E-state index is 0.0573. The fourth-order valence-electron chi connectivity index (χ4n) is 2.95. The van der Waals surface area contributed by atoms with Crippen molar-refractivity contribution in [3.63, 3.8) is 0 Å². The molecule has 2 unspecified atom stereocenters. The monoisotopic (exact) mass is 369 g/mol. The lowest BCUT2D eigenvalue weighted by atomic mass is 9.71. The van der Waals surface area contributed by atoms with Crippen molar-refractivity contribution >= 4 is 12.6 Å². The summed E-state index contributed by atoms with van der Waals surface area (Å²) >= 11 is 4.23. The van der Waals surface area contributed by atoms with E-state index in [-0.39, 0.29) is 24.4 Å². The van der Waals surface area contributed by atoms with E-state index < -0.39 is 22.7 Å². The summed E-state index contributed by atoms with van der Waals surface area (Å²) in [4.78, 5) is 3.96. The predicted octanol–water partition coefficient (Wildman–Crippen LogP) is 3.89. The van der Waals surface area contributed by atoms with Crippen LogP contribution in [0.5, 0.6) is 0 Å². The lowest BCUT2D eigenvalue weighted by molar-refractivity contribution is -0.0907. The highest BCUT2D eigenvalue weighted by atomic mass is 32.1. The zero-order valence-corrected chi connectivity index (χ0v) is 15.9. The van der Waals surface area contributed by atoms with Gasteiger partial charge < -0.3 is 5.11 Å². The van der Waals surface area contributed by atoms with Crippen LogP contribution in [-0.2, 0) is 13.0 Å². The van der Waals surface area contributed by atoms with Crippen molar-refractivity contribution in [1.29, 1.82) is 0 Å². The van der Waals surface area contributed by atoms with Crippen molar-refractivity contribution in [2.24, 2.45) is 11.3 Å². The Balaban J connectivity index is 2.20. The van der Waals surface area contributed by atoms with Crippen LogP contribution in [-0.4, -0.2) is 25.5 Å². The fourth-order valence-corrected chi connectivity index (χ4v) is 3.12. The second-order valence-electron chi connectivity index (χ2n) is 7.71. The molecule has 0 aliphatic carbocycles. The molecule has 7 heteroatoms. The molecule has 4 nitrogen and oxygen atoms in total. The Morgan fingerprint density at radius 3 is 2.32 bits per heavy atom. The Morgan fingerprint density at radius 2 is 1.84 bits per heavy atom. The molecule has 25 heavy (non-hydrogen) atoms. The number of hydrogen-bond acceptors (Lipinski definition) is 4. The van der Waals surface area contributed by atoms with Crippen LogP contribution in [0.4, 0.5) is 8.78 Å². The van der Waals surface area contributed by atoms with Gasteiger partial charge in [-0.15, -0.1) is 12.6 Å². The molecule has 0 spiro atoms. The van der Waals surface area contributed by atoms with Crippen molar-refractivity contribution in [1.82, 2.24) is 14.8 Å². The number of aromatic nitrogens is 3. The maximum absolute atomic E-state index is 13.9. The van der Waals surface area contributed by atoms with Crippen LogP contribution < -0.4 is 0 Å². The first-order valence-electron chi connectivity index (χ1n) is 8.25. The molecule has 1 aromatic carbocycles. The van der Waals surface area contributed by atoms with Crippen molar-refractivity contribution in [2.45, 2.75) is 57.8 Å². The molecule has 1 aromatic heterocycles. The number of rotatable bonds is 6. The summed E-state index contributed by atoms with van der Waals surface area (Å²) in [5.74, 6) is -1.25. The van der Waals surface area contributed by atoms with Gasteiger partial charge in [-0.05, 0) is 36.3 Å². The number of thiol groups is 1.